The third kappa shape index (κ3) is 3.93. The van der Waals surface area contributed by atoms with Gasteiger partial charge in [-0.05, 0) is 19.9 Å². The van der Waals surface area contributed by atoms with Crippen LogP contribution in [0.15, 0.2) is 18.2 Å². The van der Waals surface area contributed by atoms with E-state index >= 15 is 0 Å². The topological polar surface area (TPSA) is 107 Å². The summed E-state index contributed by atoms with van der Waals surface area (Å²) in [6.07, 6.45) is 0. The fourth-order valence-electron chi connectivity index (χ4n) is 3.16. The van der Waals surface area contributed by atoms with Crippen molar-refractivity contribution in [2.45, 2.75) is 19.9 Å². The maximum atomic E-state index is 12.6. The summed E-state index contributed by atoms with van der Waals surface area (Å²) in [6.45, 7) is 3.53. The molecule has 31 heavy (non-hydrogen) atoms. The highest BCUT2D eigenvalue weighted by Gasteiger charge is 2.21. The first-order chi connectivity index (χ1) is 14.8. The summed E-state index contributed by atoms with van der Waals surface area (Å²) in [5.41, 5.74) is 1.52. The van der Waals surface area contributed by atoms with Crippen LogP contribution < -0.4 is 20.1 Å². The zero-order valence-corrected chi connectivity index (χ0v) is 19.2. The molecule has 11 heteroatoms. The van der Waals surface area contributed by atoms with Crippen LogP contribution in [-0.2, 0) is 11.8 Å². The number of rotatable bonds is 6. The lowest BCUT2D eigenvalue weighted by molar-refractivity contribution is -0.117. The summed E-state index contributed by atoms with van der Waals surface area (Å²) in [7, 11) is 4.97. The number of benzene rings is 1. The second-order valence-electron chi connectivity index (χ2n) is 6.92. The van der Waals surface area contributed by atoms with Crippen LogP contribution in [0.2, 0.25) is 0 Å². The predicted octanol–water partition coefficient (Wildman–Crippen LogP) is 3.33. The number of carbonyl (C=O) groups excluding carboxylic acids is 2. The number of hydrogen-bond donors (Lipinski definition) is 2. The summed E-state index contributed by atoms with van der Waals surface area (Å²) in [6, 6.07) is 4.58. The molecule has 1 atom stereocenters. The number of methoxy groups -OCH3 is 2. The largest absolute Gasteiger partial charge is 0.497 e. The number of hydrogen-bond acceptors (Lipinski definition) is 8. The van der Waals surface area contributed by atoms with Crippen LogP contribution in [-0.4, -0.2) is 46.8 Å². The van der Waals surface area contributed by atoms with Gasteiger partial charge in [-0.1, -0.05) is 11.3 Å². The molecule has 0 saturated carbocycles. The molecule has 2 N–H and O–H groups in total. The lowest BCUT2D eigenvalue weighted by atomic mass is 10.2. The van der Waals surface area contributed by atoms with Gasteiger partial charge in [0.05, 0.1) is 35.0 Å². The maximum absolute atomic E-state index is 12.6. The standard InChI is InChI=1S/C20H21N5O4S2/c1-9-12-8-15(30-19(12)25(3)24-9)18(27)21-10(2)17(26)23-20-22-13-6-11(28-4)7-14(29-5)16(13)31-20/h6-8,10H,1-5H3,(H,21,27)(H,22,23,26). The number of nitrogens with zero attached hydrogens (tertiary/aromatic N) is 3. The molecule has 9 nitrogen and oxygen atoms in total. The summed E-state index contributed by atoms with van der Waals surface area (Å²) in [4.78, 5) is 31.2. The average molecular weight is 460 g/mol. The number of fused-ring (bicyclic) bond motifs is 2. The van der Waals surface area contributed by atoms with Crippen LogP contribution in [0.25, 0.3) is 20.4 Å². The van der Waals surface area contributed by atoms with Gasteiger partial charge in [0.2, 0.25) is 5.91 Å². The Bertz CT molecular complexity index is 1270. The van der Waals surface area contributed by atoms with Crippen molar-refractivity contribution >= 4 is 60.1 Å². The Morgan fingerprint density at radius 1 is 1.16 bits per heavy atom. The summed E-state index contributed by atoms with van der Waals surface area (Å²) >= 11 is 2.63. The molecule has 1 unspecified atom stereocenters. The van der Waals surface area contributed by atoms with Crippen molar-refractivity contribution in [2.24, 2.45) is 7.05 Å². The molecule has 3 heterocycles. The van der Waals surface area contributed by atoms with Gasteiger partial charge in [0.25, 0.3) is 5.91 Å². The first-order valence-corrected chi connectivity index (χ1v) is 11.0. The van der Waals surface area contributed by atoms with E-state index in [1.807, 2.05) is 14.0 Å². The van der Waals surface area contributed by atoms with Gasteiger partial charge in [-0.3, -0.25) is 14.3 Å². The van der Waals surface area contributed by atoms with Crippen molar-refractivity contribution < 1.29 is 19.1 Å². The molecule has 4 aromatic rings. The molecule has 0 spiro atoms. The maximum Gasteiger partial charge on any atom is 0.262 e. The molecular weight excluding hydrogens is 438 g/mol. The summed E-state index contributed by atoms with van der Waals surface area (Å²) in [5, 5.41) is 11.2. The molecule has 2 amide bonds. The third-order valence-electron chi connectivity index (χ3n) is 4.78. The van der Waals surface area contributed by atoms with Crippen LogP contribution in [0.4, 0.5) is 5.13 Å². The van der Waals surface area contributed by atoms with Gasteiger partial charge < -0.3 is 20.1 Å². The van der Waals surface area contributed by atoms with Crippen molar-refractivity contribution in [3.63, 3.8) is 0 Å². The van der Waals surface area contributed by atoms with E-state index in [4.69, 9.17) is 9.47 Å². The normalized spacial score (nSPS) is 12.2. The first-order valence-electron chi connectivity index (χ1n) is 9.38. The van der Waals surface area contributed by atoms with Crippen LogP contribution in [0.5, 0.6) is 11.5 Å². The minimum absolute atomic E-state index is 0.307. The number of nitrogens with one attached hydrogen (secondary N) is 2. The molecule has 1 aromatic carbocycles. The minimum atomic E-state index is -0.750. The smallest absolute Gasteiger partial charge is 0.262 e. The van der Waals surface area contributed by atoms with Gasteiger partial charge in [-0.15, -0.1) is 11.3 Å². The van der Waals surface area contributed by atoms with Gasteiger partial charge >= 0.3 is 0 Å². The van der Waals surface area contributed by atoms with E-state index in [1.54, 1.807) is 44.0 Å². The van der Waals surface area contributed by atoms with Crippen molar-refractivity contribution in [3.05, 3.63) is 28.8 Å². The molecule has 3 aromatic heterocycles. The number of anilines is 1. The lowest BCUT2D eigenvalue weighted by Gasteiger charge is -2.12. The number of amides is 2. The van der Waals surface area contributed by atoms with E-state index in [1.165, 1.54) is 22.7 Å². The summed E-state index contributed by atoms with van der Waals surface area (Å²) < 4.78 is 13.2. The van der Waals surface area contributed by atoms with Gasteiger partial charge in [-0.25, -0.2) is 4.98 Å². The SMILES string of the molecule is COc1cc(OC)c2sc(NC(=O)C(C)NC(=O)c3cc4c(C)nn(C)c4s3)nc2c1. The predicted molar refractivity (Wildman–Crippen MR) is 122 cm³/mol. The number of aromatic nitrogens is 3. The molecule has 0 saturated heterocycles. The second-order valence-corrected chi connectivity index (χ2v) is 8.95. The lowest BCUT2D eigenvalue weighted by Crippen LogP contribution is -2.41. The number of thiazole rings is 1. The highest BCUT2D eigenvalue weighted by Crippen LogP contribution is 2.37. The number of ether oxygens (including phenoxy) is 2. The highest BCUT2D eigenvalue weighted by atomic mass is 32.1. The van der Waals surface area contributed by atoms with Gasteiger partial charge in [0.1, 0.15) is 22.4 Å². The van der Waals surface area contributed by atoms with E-state index in [2.05, 4.69) is 20.7 Å². The molecule has 0 aliphatic heterocycles. The zero-order valence-electron chi connectivity index (χ0n) is 17.6. The summed E-state index contributed by atoms with van der Waals surface area (Å²) in [5.74, 6) is 0.557. The van der Waals surface area contributed by atoms with E-state index in [0.29, 0.717) is 27.0 Å². The van der Waals surface area contributed by atoms with Gasteiger partial charge in [-0.2, -0.15) is 5.10 Å². The molecule has 0 aliphatic rings. The van der Waals surface area contributed by atoms with E-state index in [9.17, 15) is 9.59 Å². The minimum Gasteiger partial charge on any atom is -0.497 e. The van der Waals surface area contributed by atoms with Crippen LogP contribution in [0, 0.1) is 6.92 Å². The van der Waals surface area contributed by atoms with Gasteiger partial charge in [0.15, 0.2) is 5.13 Å². The Hall–Kier alpha value is -3.18. The fraction of sp³-hybridized carbons (Fsp3) is 0.300. The number of carbonyl (C=O) groups is 2. The molecule has 162 valence electrons. The van der Waals surface area contributed by atoms with Crippen molar-refractivity contribution in [3.8, 4) is 11.5 Å². The second kappa shape index (κ2) is 8.16. The van der Waals surface area contributed by atoms with Crippen molar-refractivity contribution in [2.75, 3.05) is 19.5 Å². The first kappa shape index (κ1) is 21.1. The molecule has 0 radical (unpaired) electrons. The van der Waals surface area contributed by atoms with E-state index in [0.717, 1.165) is 20.6 Å². The zero-order chi connectivity index (χ0) is 22.3. The van der Waals surface area contributed by atoms with E-state index in [-0.39, 0.29) is 11.8 Å². The van der Waals surface area contributed by atoms with Crippen LogP contribution in [0.3, 0.4) is 0 Å². The molecular formula is C20H21N5O4S2. The number of aryl methyl sites for hydroxylation is 2. The van der Waals surface area contributed by atoms with Crippen LogP contribution in [0.1, 0.15) is 22.3 Å². The van der Waals surface area contributed by atoms with Gasteiger partial charge in [0, 0.05) is 24.6 Å². The Morgan fingerprint density at radius 2 is 1.94 bits per heavy atom. The average Bonchev–Trinajstić information content (AvgIpc) is 3.42. The molecule has 4 rings (SSSR count). The van der Waals surface area contributed by atoms with Crippen molar-refractivity contribution in [1.82, 2.24) is 20.1 Å². The quantitative estimate of drug-likeness (QED) is 0.458. The molecule has 0 aliphatic carbocycles. The van der Waals surface area contributed by atoms with E-state index < -0.39 is 6.04 Å². The molecule has 0 bridgehead atoms. The molecule has 0 fully saturated rings. The third-order valence-corrected chi connectivity index (χ3v) is 6.98. The highest BCUT2D eigenvalue weighted by molar-refractivity contribution is 7.22. The monoisotopic (exact) mass is 459 g/mol. The Kier molecular flexibility index (Phi) is 5.54. The fourth-order valence-corrected chi connectivity index (χ4v) is 5.13. The Labute approximate surface area is 186 Å². The Balaban J connectivity index is 1.47. The van der Waals surface area contributed by atoms with Crippen LogP contribution >= 0.6 is 22.7 Å². The van der Waals surface area contributed by atoms with Crippen molar-refractivity contribution in [1.29, 1.82) is 0 Å². The Morgan fingerprint density at radius 3 is 2.61 bits per heavy atom. The number of thiophene rings is 1.